The smallest absolute Gasteiger partial charge is 0.255 e. The van der Waals surface area contributed by atoms with E-state index >= 15 is 0 Å². The van der Waals surface area contributed by atoms with Crippen molar-refractivity contribution in [3.63, 3.8) is 0 Å². The second-order valence-electron chi connectivity index (χ2n) is 7.19. The Morgan fingerprint density at radius 3 is 2.52 bits per heavy atom. The van der Waals surface area contributed by atoms with Crippen LogP contribution in [0, 0.1) is 0 Å². The second kappa shape index (κ2) is 8.62. The number of nitrogens with one attached hydrogen (secondary N) is 2. The first-order valence-corrected chi connectivity index (χ1v) is 9.78. The SMILES string of the molecule is CC(C)n1cc(-c2ccnc(Nc3ccc(C(=O)Nc4ccccc4N)cc3)n2)nn1. The van der Waals surface area contributed by atoms with E-state index in [1.54, 1.807) is 53.3 Å². The monoisotopic (exact) mass is 414 g/mol. The van der Waals surface area contributed by atoms with E-state index in [2.05, 4.69) is 30.9 Å². The van der Waals surface area contributed by atoms with Gasteiger partial charge in [0.15, 0.2) is 0 Å². The summed E-state index contributed by atoms with van der Waals surface area (Å²) < 4.78 is 1.78. The van der Waals surface area contributed by atoms with Crippen molar-refractivity contribution in [1.29, 1.82) is 0 Å². The summed E-state index contributed by atoms with van der Waals surface area (Å²) in [5.74, 6) is 0.182. The summed E-state index contributed by atoms with van der Waals surface area (Å²) in [6.07, 6.45) is 3.51. The number of aromatic nitrogens is 5. The molecule has 0 aliphatic rings. The minimum atomic E-state index is -0.240. The summed E-state index contributed by atoms with van der Waals surface area (Å²) >= 11 is 0. The highest BCUT2D eigenvalue weighted by Gasteiger charge is 2.10. The molecule has 4 N–H and O–H groups in total. The lowest BCUT2D eigenvalue weighted by Crippen LogP contribution is -2.13. The van der Waals surface area contributed by atoms with Crippen molar-refractivity contribution < 1.29 is 4.79 Å². The normalized spacial score (nSPS) is 10.8. The molecule has 0 spiro atoms. The number of hydrogen-bond acceptors (Lipinski definition) is 7. The van der Waals surface area contributed by atoms with Crippen molar-refractivity contribution in [2.24, 2.45) is 0 Å². The van der Waals surface area contributed by atoms with Gasteiger partial charge in [-0.3, -0.25) is 4.79 Å². The van der Waals surface area contributed by atoms with Gasteiger partial charge in [-0.15, -0.1) is 5.10 Å². The number of carbonyl (C=O) groups is 1. The molecule has 0 saturated carbocycles. The molecule has 4 rings (SSSR count). The molecule has 9 heteroatoms. The third kappa shape index (κ3) is 4.67. The molecule has 2 aromatic carbocycles. The zero-order chi connectivity index (χ0) is 21.8. The van der Waals surface area contributed by atoms with Crippen LogP contribution in [0.2, 0.25) is 0 Å². The van der Waals surface area contributed by atoms with E-state index in [4.69, 9.17) is 5.73 Å². The van der Waals surface area contributed by atoms with Gasteiger partial charge in [-0.1, -0.05) is 17.3 Å². The maximum atomic E-state index is 12.5. The molecule has 0 unspecified atom stereocenters. The predicted octanol–water partition coefficient (Wildman–Crippen LogP) is 3.89. The average Bonchev–Trinajstić information content (AvgIpc) is 3.27. The Morgan fingerprint density at radius 2 is 1.81 bits per heavy atom. The van der Waals surface area contributed by atoms with Gasteiger partial charge in [0, 0.05) is 23.5 Å². The van der Waals surface area contributed by atoms with Gasteiger partial charge in [-0.2, -0.15) is 0 Å². The Kier molecular flexibility index (Phi) is 5.57. The van der Waals surface area contributed by atoms with Gasteiger partial charge in [0.05, 0.1) is 23.3 Å². The van der Waals surface area contributed by atoms with Crippen molar-refractivity contribution in [3.8, 4) is 11.4 Å². The summed E-state index contributed by atoms with van der Waals surface area (Å²) in [5, 5.41) is 14.2. The van der Waals surface area contributed by atoms with Crippen LogP contribution in [0.25, 0.3) is 11.4 Å². The molecule has 1 amide bonds. The number of benzene rings is 2. The zero-order valence-corrected chi connectivity index (χ0v) is 17.1. The Morgan fingerprint density at radius 1 is 1.03 bits per heavy atom. The molecule has 156 valence electrons. The highest BCUT2D eigenvalue weighted by atomic mass is 16.1. The molecular formula is C22H22N8O. The summed E-state index contributed by atoms with van der Waals surface area (Å²) in [4.78, 5) is 21.2. The lowest BCUT2D eigenvalue weighted by Gasteiger charge is -2.09. The molecule has 4 aromatic rings. The van der Waals surface area contributed by atoms with Crippen LogP contribution in [0.4, 0.5) is 23.0 Å². The van der Waals surface area contributed by atoms with Gasteiger partial charge in [-0.05, 0) is 56.3 Å². The minimum Gasteiger partial charge on any atom is -0.397 e. The van der Waals surface area contributed by atoms with Gasteiger partial charge < -0.3 is 16.4 Å². The number of para-hydroxylation sites is 2. The molecular weight excluding hydrogens is 392 g/mol. The number of anilines is 4. The molecule has 0 atom stereocenters. The Labute approximate surface area is 179 Å². The van der Waals surface area contributed by atoms with Gasteiger partial charge in [0.1, 0.15) is 5.69 Å². The Bertz CT molecular complexity index is 1200. The fourth-order valence-electron chi connectivity index (χ4n) is 2.85. The standard InChI is InChI=1S/C22H22N8O/c1-14(2)30-13-20(28-29-30)19-11-12-24-22(27-19)25-16-9-7-15(8-10-16)21(31)26-18-6-4-3-5-17(18)23/h3-14H,23H2,1-2H3,(H,26,31)(H,24,25,27). The van der Waals surface area contributed by atoms with Crippen molar-refractivity contribution in [2.75, 3.05) is 16.4 Å². The minimum absolute atomic E-state index is 0.217. The molecule has 31 heavy (non-hydrogen) atoms. The number of nitrogen functional groups attached to an aromatic ring is 1. The van der Waals surface area contributed by atoms with E-state index in [1.165, 1.54) is 0 Å². The molecule has 0 aliphatic heterocycles. The lowest BCUT2D eigenvalue weighted by molar-refractivity contribution is 0.102. The average molecular weight is 414 g/mol. The van der Waals surface area contributed by atoms with Crippen LogP contribution < -0.4 is 16.4 Å². The van der Waals surface area contributed by atoms with Crippen LogP contribution >= 0.6 is 0 Å². The molecule has 9 nitrogen and oxygen atoms in total. The third-order valence-electron chi connectivity index (χ3n) is 4.57. The number of carbonyl (C=O) groups excluding carboxylic acids is 1. The van der Waals surface area contributed by atoms with E-state index in [1.807, 2.05) is 32.2 Å². The van der Waals surface area contributed by atoms with Crippen molar-refractivity contribution in [1.82, 2.24) is 25.0 Å². The van der Waals surface area contributed by atoms with Crippen LogP contribution in [-0.2, 0) is 0 Å². The van der Waals surface area contributed by atoms with Gasteiger partial charge in [0.25, 0.3) is 5.91 Å². The summed E-state index contributed by atoms with van der Waals surface area (Å²) in [6, 6.07) is 16.1. The van der Waals surface area contributed by atoms with Crippen molar-refractivity contribution in [3.05, 3.63) is 72.6 Å². The van der Waals surface area contributed by atoms with E-state index in [0.717, 1.165) is 5.69 Å². The molecule has 0 radical (unpaired) electrons. The molecule has 0 aliphatic carbocycles. The van der Waals surface area contributed by atoms with Gasteiger partial charge >= 0.3 is 0 Å². The third-order valence-corrected chi connectivity index (χ3v) is 4.57. The van der Waals surface area contributed by atoms with Crippen LogP contribution in [0.5, 0.6) is 0 Å². The molecule has 0 bridgehead atoms. The Balaban J connectivity index is 1.45. The van der Waals surface area contributed by atoms with Crippen LogP contribution in [0.1, 0.15) is 30.2 Å². The highest BCUT2D eigenvalue weighted by molar-refractivity contribution is 6.05. The maximum Gasteiger partial charge on any atom is 0.255 e. The fourth-order valence-corrected chi connectivity index (χ4v) is 2.85. The number of rotatable bonds is 6. The first kappa shape index (κ1) is 20.0. The molecule has 0 saturated heterocycles. The quantitative estimate of drug-likeness (QED) is 0.409. The van der Waals surface area contributed by atoms with Crippen molar-refractivity contribution in [2.45, 2.75) is 19.9 Å². The van der Waals surface area contributed by atoms with Crippen LogP contribution in [-0.4, -0.2) is 30.9 Å². The summed E-state index contributed by atoms with van der Waals surface area (Å²) in [6.45, 7) is 4.06. The van der Waals surface area contributed by atoms with E-state index in [-0.39, 0.29) is 11.9 Å². The lowest BCUT2D eigenvalue weighted by atomic mass is 10.2. The largest absolute Gasteiger partial charge is 0.397 e. The molecule has 2 heterocycles. The second-order valence-corrected chi connectivity index (χ2v) is 7.19. The number of nitrogens with two attached hydrogens (primary N) is 1. The van der Waals surface area contributed by atoms with Gasteiger partial charge in [0.2, 0.25) is 5.95 Å². The first-order valence-electron chi connectivity index (χ1n) is 9.78. The number of hydrogen-bond donors (Lipinski definition) is 3. The molecule has 2 aromatic heterocycles. The van der Waals surface area contributed by atoms with E-state index in [0.29, 0.717) is 34.3 Å². The van der Waals surface area contributed by atoms with E-state index < -0.39 is 0 Å². The zero-order valence-electron chi connectivity index (χ0n) is 17.1. The first-order chi connectivity index (χ1) is 15.0. The fraction of sp³-hybridized carbons (Fsp3) is 0.136. The summed E-state index contributed by atoms with van der Waals surface area (Å²) in [7, 11) is 0. The van der Waals surface area contributed by atoms with Crippen molar-refractivity contribution >= 4 is 28.9 Å². The Hall–Kier alpha value is -4.27. The maximum absolute atomic E-state index is 12.5. The van der Waals surface area contributed by atoms with E-state index in [9.17, 15) is 4.79 Å². The van der Waals surface area contributed by atoms with Crippen LogP contribution in [0.3, 0.4) is 0 Å². The highest BCUT2D eigenvalue weighted by Crippen LogP contribution is 2.20. The topological polar surface area (TPSA) is 124 Å². The predicted molar refractivity (Wildman–Crippen MR) is 120 cm³/mol. The van der Waals surface area contributed by atoms with Crippen LogP contribution in [0.15, 0.2) is 67.0 Å². The summed E-state index contributed by atoms with van der Waals surface area (Å²) in [5.41, 5.74) is 9.57. The number of amides is 1. The number of nitrogens with zero attached hydrogens (tertiary/aromatic N) is 5. The molecule has 0 fully saturated rings. The van der Waals surface area contributed by atoms with Gasteiger partial charge in [-0.25, -0.2) is 14.6 Å².